The Kier molecular flexibility index (Phi) is 5.36. The number of carbonyl (C=O) groups excluding carboxylic acids is 3. The molecule has 4 amide bonds. The standard InChI is InChI=1S/C17H25N3O5S/c1-26(24,25)10-9-14-16(22)19(17(23)18-14)11-15(21)20(13-7-8-13)12-5-3-2-4-6-12/h5,13-14H,2-4,6-11H2,1H3,(H,18,23). The fraction of sp³-hybridized carbons (Fsp3) is 0.706. The van der Waals surface area contributed by atoms with Crippen molar-refractivity contribution in [3.05, 3.63) is 11.8 Å². The van der Waals surface area contributed by atoms with Crippen LogP contribution >= 0.6 is 0 Å². The highest BCUT2D eigenvalue weighted by Crippen LogP contribution is 2.34. The molecule has 26 heavy (non-hydrogen) atoms. The smallest absolute Gasteiger partial charge is 0.325 e. The summed E-state index contributed by atoms with van der Waals surface area (Å²) in [7, 11) is -3.23. The van der Waals surface area contributed by atoms with E-state index in [1.54, 1.807) is 4.90 Å². The molecule has 9 heteroatoms. The molecule has 0 aromatic heterocycles. The summed E-state index contributed by atoms with van der Waals surface area (Å²) in [5, 5.41) is 2.48. The molecule has 1 unspecified atom stereocenters. The van der Waals surface area contributed by atoms with Gasteiger partial charge in [-0.2, -0.15) is 0 Å². The van der Waals surface area contributed by atoms with Gasteiger partial charge in [0.05, 0.1) is 5.75 Å². The molecule has 1 saturated heterocycles. The number of carbonyl (C=O) groups is 3. The summed E-state index contributed by atoms with van der Waals surface area (Å²) in [5.41, 5.74) is 1.00. The minimum absolute atomic E-state index is 0.0194. The summed E-state index contributed by atoms with van der Waals surface area (Å²) in [6, 6.07) is -1.34. The zero-order valence-electron chi connectivity index (χ0n) is 14.9. The van der Waals surface area contributed by atoms with Gasteiger partial charge < -0.3 is 10.2 Å². The molecule has 3 aliphatic rings. The summed E-state index contributed by atoms with van der Waals surface area (Å²) in [4.78, 5) is 40.0. The third-order valence-corrected chi connectivity index (χ3v) is 5.91. The van der Waals surface area contributed by atoms with Crippen LogP contribution in [0.2, 0.25) is 0 Å². The molecule has 2 fully saturated rings. The SMILES string of the molecule is CS(=O)(=O)CCC1NC(=O)N(CC(=O)N(C2=CCCCC2)C2CC2)C1=O. The van der Waals surface area contributed by atoms with Crippen LogP contribution in [0.1, 0.15) is 44.9 Å². The van der Waals surface area contributed by atoms with E-state index in [9.17, 15) is 22.8 Å². The first-order valence-corrected chi connectivity index (χ1v) is 11.1. The Balaban J connectivity index is 1.65. The highest BCUT2D eigenvalue weighted by molar-refractivity contribution is 7.90. The lowest BCUT2D eigenvalue weighted by Gasteiger charge is -2.29. The van der Waals surface area contributed by atoms with Crippen molar-refractivity contribution in [1.29, 1.82) is 0 Å². The van der Waals surface area contributed by atoms with Crippen molar-refractivity contribution < 1.29 is 22.8 Å². The van der Waals surface area contributed by atoms with Gasteiger partial charge in [-0.3, -0.25) is 14.5 Å². The Morgan fingerprint density at radius 3 is 2.62 bits per heavy atom. The Morgan fingerprint density at radius 2 is 2.04 bits per heavy atom. The van der Waals surface area contributed by atoms with Crippen molar-refractivity contribution in [3.8, 4) is 0 Å². The topological polar surface area (TPSA) is 104 Å². The molecular formula is C17H25N3O5S. The summed E-state index contributed by atoms with van der Waals surface area (Å²) < 4.78 is 22.6. The lowest BCUT2D eigenvalue weighted by molar-refractivity contribution is -0.136. The van der Waals surface area contributed by atoms with Crippen molar-refractivity contribution in [2.24, 2.45) is 0 Å². The second-order valence-corrected chi connectivity index (χ2v) is 9.54. The van der Waals surface area contributed by atoms with E-state index in [2.05, 4.69) is 11.4 Å². The molecule has 2 aliphatic carbocycles. The van der Waals surface area contributed by atoms with Crippen LogP contribution in [0.3, 0.4) is 0 Å². The number of nitrogens with zero attached hydrogens (tertiary/aromatic N) is 2. The number of urea groups is 1. The van der Waals surface area contributed by atoms with E-state index in [0.29, 0.717) is 0 Å². The molecule has 0 spiro atoms. The van der Waals surface area contributed by atoms with Crippen molar-refractivity contribution >= 4 is 27.7 Å². The lowest BCUT2D eigenvalue weighted by Crippen LogP contribution is -2.44. The van der Waals surface area contributed by atoms with Gasteiger partial charge in [-0.1, -0.05) is 6.08 Å². The van der Waals surface area contributed by atoms with Gasteiger partial charge in [-0.15, -0.1) is 0 Å². The molecule has 0 radical (unpaired) electrons. The van der Waals surface area contributed by atoms with Crippen LogP contribution < -0.4 is 5.32 Å². The molecule has 8 nitrogen and oxygen atoms in total. The normalized spacial score (nSPS) is 23.7. The fourth-order valence-electron chi connectivity index (χ4n) is 3.44. The largest absolute Gasteiger partial charge is 0.326 e. The number of sulfone groups is 1. The minimum atomic E-state index is -3.23. The second kappa shape index (κ2) is 7.38. The first-order chi connectivity index (χ1) is 12.3. The maximum absolute atomic E-state index is 12.8. The highest BCUT2D eigenvalue weighted by Gasteiger charge is 2.42. The van der Waals surface area contributed by atoms with Gasteiger partial charge in [0.1, 0.15) is 22.4 Å². The molecule has 1 N–H and O–H groups in total. The maximum Gasteiger partial charge on any atom is 0.325 e. The van der Waals surface area contributed by atoms with Gasteiger partial charge in [0.25, 0.3) is 5.91 Å². The average Bonchev–Trinajstić information content (AvgIpc) is 3.36. The monoisotopic (exact) mass is 383 g/mol. The first kappa shape index (κ1) is 18.9. The Bertz CT molecular complexity index is 741. The number of hydrogen-bond acceptors (Lipinski definition) is 5. The second-order valence-electron chi connectivity index (χ2n) is 7.28. The van der Waals surface area contributed by atoms with Crippen LogP contribution in [0.25, 0.3) is 0 Å². The Morgan fingerprint density at radius 1 is 1.31 bits per heavy atom. The number of rotatable bonds is 7. The van der Waals surface area contributed by atoms with Gasteiger partial charge in [-0.25, -0.2) is 13.2 Å². The average molecular weight is 383 g/mol. The zero-order valence-corrected chi connectivity index (χ0v) is 15.8. The quantitative estimate of drug-likeness (QED) is 0.655. The Hall–Kier alpha value is -1.90. The number of imide groups is 1. The van der Waals surface area contributed by atoms with E-state index < -0.39 is 27.8 Å². The zero-order chi connectivity index (χ0) is 18.9. The Labute approximate surface area is 153 Å². The van der Waals surface area contributed by atoms with Crippen molar-refractivity contribution in [2.45, 2.75) is 57.0 Å². The molecule has 0 aromatic carbocycles. The van der Waals surface area contributed by atoms with Crippen LogP contribution in [0.4, 0.5) is 4.79 Å². The molecule has 3 rings (SSSR count). The predicted octanol–water partition coefficient (Wildman–Crippen LogP) is 0.790. The summed E-state index contributed by atoms with van der Waals surface area (Å²) >= 11 is 0. The number of nitrogens with one attached hydrogen (secondary N) is 1. The van der Waals surface area contributed by atoms with Crippen molar-refractivity contribution in [3.63, 3.8) is 0 Å². The third-order valence-electron chi connectivity index (χ3n) is 4.93. The van der Waals surface area contributed by atoms with E-state index in [0.717, 1.165) is 55.4 Å². The van der Waals surface area contributed by atoms with Crippen molar-refractivity contribution in [1.82, 2.24) is 15.1 Å². The molecule has 1 atom stereocenters. The molecule has 1 heterocycles. The van der Waals surface area contributed by atoms with Crippen LogP contribution in [0.5, 0.6) is 0 Å². The first-order valence-electron chi connectivity index (χ1n) is 9.07. The molecule has 0 aromatic rings. The molecule has 0 bridgehead atoms. The van der Waals surface area contributed by atoms with E-state index in [1.807, 2.05) is 0 Å². The van der Waals surface area contributed by atoms with Crippen LogP contribution in [0.15, 0.2) is 11.8 Å². The summed E-state index contributed by atoms with van der Waals surface area (Å²) in [6.07, 6.45) is 9.03. The number of hydrogen-bond donors (Lipinski definition) is 1. The molecular weight excluding hydrogens is 358 g/mol. The van der Waals surface area contributed by atoms with Gasteiger partial charge in [0.2, 0.25) is 5.91 Å². The highest BCUT2D eigenvalue weighted by atomic mass is 32.2. The van der Waals surface area contributed by atoms with E-state index in [-0.39, 0.29) is 30.7 Å². The minimum Gasteiger partial charge on any atom is -0.326 e. The van der Waals surface area contributed by atoms with E-state index >= 15 is 0 Å². The summed E-state index contributed by atoms with van der Waals surface area (Å²) in [5.74, 6) is -0.958. The van der Waals surface area contributed by atoms with Crippen LogP contribution in [0, 0.1) is 0 Å². The number of allylic oxidation sites excluding steroid dienone is 2. The lowest BCUT2D eigenvalue weighted by atomic mass is 10.0. The van der Waals surface area contributed by atoms with Gasteiger partial charge in [0, 0.05) is 18.0 Å². The van der Waals surface area contributed by atoms with Crippen LogP contribution in [-0.4, -0.2) is 66.7 Å². The van der Waals surface area contributed by atoms with E-state index in [1.165, 1.54) is 0 Å². The molecule has 1 saturated carbocycles. The molecule has 144 valence electrons. The van der Waals surface area contributed by atoms with Gasteiger partial charge in [-0.05, 0) is 44.9 Å². The predicted molar refractivity (Wildman–Crippen MR) is 94.8 cm³/mol. The van der Waals surface area contributed by atoms with E-state index in [4.69, 9.17) is 0 Å². The summed E-state index contributed by atoms with van der Waals surface area (Å²) in [6.45, 7) is -0.298. The van der Waals surface area contributed by atoms with Gasteiger partial charge >= 0.3 is 6.03 Å². The van der Waals surface area contributed by atoms with Gasteiger partial charge in [0.15, 0.2) is 0 Å². The van der Waals surface area contributed by atoms with Crippen LogP contribution in [-0.2, 0) is 19.4 Å². The number of amides is 4. The third kappa shape index (κ3) is 4.44. The van der Waals surface area contributed by atoms with Crippen molar-refractivity contribution in [2.75, 3.05) is 18.6 Å². The fourth-order valence-corrected chi connectivity index (χ4v) is 4.10. The molecule has 1 aliphatic heterocycles. The maximum atomic E-state index is 12.8.